The third kappa shape index (κ3) is 7.73. The predicted octanol–water partition coefficient (Wildman–Crippen LogP) is 3.74. The standard InChI is InChI=1S/C31H37N3O7S/c1-5-22(2)32-31(36)27(17-23-10-7-6-8-11-23)33(19-24-12-9-13-26(16-24)39-3)30(35)20-34(42(4,37)38)25-14-15-28-29(18-25)41-21-40-28/h6-16,18,22,27H,5,17,19-21H2,1-4H3,(H,32,36). The van der Waals surface area contributed by atoms with Gasteiger partial charge in [0.2, 0.25) is 28.6 Å². The minimum Gasteiger partial charge on any atom is -0.497 e. The van der Waals surface area contributed by atoms with Crippen molar-refractivity contribution in [3.8, 4) is 17.2 Å². The maximum Gasteiger partial charge on any atom is 0.244 e. The van der Waals surface area contributed by atoms with E-state index < -0.39 is 28.5 Å². The summed E-state index contributed by atoms with van der Waals surface area (Å²) in [4.78, 5) is 29.4. The van der Waals surface area contributed by atoms with Gasteiger partial charge in [-0.3, -0.25) is 13.9 Å². The van der Waals surface area contributed by atoms with Crippen LogP contribution in [0.2, 0.25) is 0 Å². The van der Waals surface area contributed by atoms with Gasteiger partial charge in [0.1, 0.15) is 18.3 Å². The summed E-state index contributed by atoms with van der Waals surface area (Å²) in [6, 6.07) is 20.3. The topological polar surface area (TPSA) is 114 Å². The fourth-order valence-electron chi connectivity index (χ4n) is 4.62. The summed E-state index contributed by atoms with van der Waals surface area (Å²) < 4.78 is 43.2. The van der Waals surface area contributed by atoms with Gasteiger partial charge in [0.25, 0.3) is 0 Å². The van der Waals surface area contributed by atoms with Crippen LogP contribution >= 0.6 is 0 Å². The number of nitrogens with zero attached hydrogens (tertiary/aromatic N) is 2. The molecule has 42 heavy (non-hydrogen) atoms. The minimum absolute atomic E-state index is 0.0252. The fourth-order valence-corrected chi connectivity index (χ4v) is 5.46. The average molecular weight is 596 g/mol. The Kier molecular flexibility index (Phi) is 9.95. The van der Waals surface area contributed by atoms with Gasteiger partial charge in [-0.05, 0) is 48.7 Å². The molecule has 3 aromatic carbocycles. The van der Waals surface area contributed by atoms with Crippen LogP contribution in [0.5, 0.6) is 17.2 Å². The average Bonchev–Trinajstić information content (AvgIpc) is 3.45. The number of fused-ring (bicyclic) bond motifs is 1. The van der Waals surface area contributed by atoms with Crippen LogP contribution in [0, 0.1) is 0 Å². The van der Waals surface area contributed by atoms with Crippen molar-refractivity contribution in [2.45, 2.75) is 45.3 Å². The molecule has 0 aromatic heterocycles. The van der Waals surface area contributed by atoms with Crippen LogP contribution in [-0.2, 0) is 32.6 Å². The molecular weight excluding hydrogens is 558 g/mol. The quantitative estimate of drug-likeness (QED) is 0.320. The molecule has 1 heterocycles. The molecule has 0 aliphatic carbocycles. The van der Waals surface area contributed by atoms with Crippen LogP contribution in [0.1, 0.15) is 31.4 Å². The summed E-state index contributed by atoms with van der Waals surface area (Å²) in [5, 5.41) is 3.02. The second-order valence-electron chi connectivity index (χ2n) is 10.2. The molecule has 1 aliphatic heterocycles. The Labute approximate surface area is 247 Å². The van der Waals surface area contributed by atoms with Crippen molar-refractivity contribution in [1.82, 2.24) is 10.2 Å². The normalized spacial score (nSPS) is 13.6. The number of carbonyl (C=O) groups excluding carboxylic acids is 2. The first-order valence-corrected chi connectivity index (χ1v) is 15.6. The molecule has 2 amide bonds. The molecule has 3 aromatic rings. The van der Waals surface area contributed by atoms with Gasteiger partial charge < -0.3 is 24.4 Å². The van der Waals surface area contributed by atoms with Crippen molar-refractivity contribution in [2.24, 2.45) is 0 Å². The van der Waals surface area contributed by atoms with E-state index in [-0.39, 0.29) is 37.4 Å². The van der Waals surface area contributed by atoms with Gasteiger partial charge >= 0.3 is 0 Å². The first kappa shape index (κ1) is 30.7. The number of rotatable bonds is 13. The number of amides is 2. The van der Waals surface area contributed by atoms with E-state index in [1.807, 2.05) is 50.2 Å². The molecule has 1 N–H and O–H groups in total. The Morgan fingerprint density at radius 1 is 0.976 bits per heavy atom. The Morgan fingerprint density at radius 2 is 1.69 bits per heavy atom. The minimum atomic E-state index is -3.91. The van der Waals surface area contributed by atoms with E-state index in [4.69, 9.17) is 14.2 Å². The van der Waals surface area contributed by atoms with E-state index in [1.54, 1.807) is 37.4 Å². The van der Waals surface area contributed by atoms with Crippen molar-refractivity contribution >= 4 is 27.5 Å². The second kappa shape index (κ2) is 13.6. The number of hydrogen-bond donors (Lipinski definition) is 1. The van der Waals surface area contributed by atoms with Crippen molar-refractivity contribution in [1.29, 1.82) is 0 Å². The summed E-state index contributed by atoms with van der Waals surface area (Å²) in [7, 11) is -2.36. The Bertz CT molecular complexity index is 1500. The van der Waals surface area contributed by atoms with Crippen LogP contribution < -0.4 is 23.8 Å². The molecule has 0 radical (unpaired) electrons. The van der Waals surface area contributed by atoms with Gasteiger partial charge in [0.05, 0.1) is 19.1 Å². The molecule has 0 saturated carbocycles. The molecule has 0 fully saturated rings. The zero-order valence-electron chi connectivity index (χ0n) is 24.3. The van der Waals surface area contributed by atoms with Crippen molar-refractivity contribution in [3.05, 3.63) is 83.9 Å². The number of ether oxygens (including phenoxy) is 3. The molecule has 10 nitrogen and oxygen atoms in total. The maximum absolute atomic E-state index is 14.2. The molecule has 224 valence electrons. The molecule has 11 heteroatoms. The SMILES string of the molecule is CCC(C)NC(=O)C(Cc1ccccc1)N(Cc1cccc(OC)c1)C(=O)CN(c1ccc2c(c1)OCO2)S(C)(=O)=O. The van der Waals surface area contributed by atoms with Gasteiger partial charge in [0.15, 0.2) is 11.5 Å². The third-order valence-corrected chi connectivity index (χ3v) is 8.22. The highest BCUT2D eigenvalue weighted by Crippen LogP contribution is 2.36. The van der Waals surface area contributed by atoms with Crippen LogP contribution in [0.4, 0.5) is 5.69 Å². The lowest BCUT2D eigenvalue weighted by atomic mass is 10.0. The summed E-state index contributed by atoms with van der Waals surface area (Å²) in [6.07, 6.45) is 1.98. The lowest BCUT2D eigenvalue weighted by Crippen LogP contribution is -2.54. The monoisotopic (exact) mass is 595 g/mol. The highest BCUT2D eigenvalue weighted by atomic mass is 32.2. The largest absolute Gasteiger partial charge is 0.497 e. The molecule has 0 spiro atoms. The molecule has 2 unspecified atom stereocenters. The number of sulfonamides is 1. The van der Waals surface area contributed by atoms with Crippen molar-refractivity contribution < 1.29 is 32.2 Å². The van der Waals surface area contributed by atoms with Gasteiger partial charge in [0, 0.05) is 25.1 Å². The number of methoxy groups -OCH3 is 1. The van der Waals surface area contributed by atoms with E-state index in [0.29, 0.717) is 23.7 Å². The van der Waals surface area contributed by atoms with E-state index in [9.17, 15) is 18.0 Å². The molecule has 4 rings (SSSR count). The van der Waals surface area contributed by atoms with Gasteiger partial charge in [-0.15, -0.1) is 0 Å². The van der Waals surface area contributed by atoms with Crippen molar-refractivity contribution in [2.75, 3.05) is 31.0 Å². The van der Waals surface area contributed by atoms with Gasteiger partial charge in [-0.1, -0.05) is 49.4 Å². The van der Waals surface area contributed by atoms with E-state index in [2.05, 4.69) is 5.32 Å². The summed E-state index contributed by atoms with van der Waals surface area (Å²) >= 11 is 0. The van der Waals surface area contributed by atoms with Crippen LogP contribution in [-0.4, -0.2) is 63.9 Å². The van der Waals surface area contributed by atoms with E-state index >= 15 is 0 Å². The molecular formula is C31H37N3O7S. The fraction of sp³-hybridized carbons (Fsp3) is 0.355. The summed E-state index contributed by atoms with van der Waals surface area (Å²) in [6.45, 7) is 3.42. The number of hydrogen-bond acceptors (Lipinski definition) is 7. The zero-order chi connectivity index (χ0) is 30.3. The van der Waals surface area contributed by atoms with Crippen LogP contribution in [0.3, 0.4) is 0 Å². The Hall–Kier alpha value is -4.25. The molecule has 0 bridgehead atoms. The lowest BCUT2D eigenvalue weighted by molar-refractivity contribution is -0.140. The number of nitrogens with one attached hydrogen (secondary N) is 1. The molecule has 2 atom stereocenters. The Balaban J connectivity index is 1.74. The van der Waals surface area contributed by atoms with E-state index in [1.165, 1.54) is 11.0 Å². The molecule has 1 aliphatic rings. The van der Waals surface area contributed by atoms with Crippen LogP contribution in [0.15, 0.2) is 72.8 Å². The van der Waals surface area contributed by atoms with Gasteiger partial charge in [-0.25, -0.2) is 8.42 Å². The highest BCUT2D eigenvalue weighted by molar-refractivity contribution is 7.92. The second-order valence-corrected chi connectivity index (χ2v) is 12.1. The van der Waals surface area contributed by atoms with Crippen molar-refractivity contribution in [3.63, 3.8) is 0 Å². The van der Waals surface area contributed by atoms with E-state index in [0.717, 1.165) is 21.7 Å². The third-order valence-electron chi connectivity index (χ3n) is 7.08. The number of carbonyl (C=O) groups is 2. The first-order chi connectivity index (χ1) is 20.1. The number of benzene rings is 3. The lowest BCUT2D eigenvalue weighted by Gasteiger charge is -2.34. The predicted molar refractivity (Wildman–Crippen MR) is 160 cm³/mol. The number of anilines is 1. The zero-order valence-corrected chi connectivity index (χ0v) is 25.1. The van der Waals surface area contributed by atoms with Crippen LogP contribution in [0.25, 0.3) is 0 Å². The van der Waals surface area contributed by atoms with Gasteiger partial charge in [-0.2, -0.15) is 0 Å². The maximum atomic E-state index is 14.2. The first-order valence-electron chi connectivity index (χ1n) is 13.7. The summed E-state index contributed by atoms with van der Waals surface area (Å²) in [5.41, 5.74) is 1.84. The smallest absolute Gasteiger partial charge is 0.244 e. The summed E-state index contributed by atoms with van der Waals surface area (Å²) in [5.74, 6) is 0.612. The Morgan fingerprint density at radius 3 is 2.38 bits per heavy atom. The molecule has 0 saturated heterocycles. The highest BCUT2D eigenvalue weighted by Gasteiger charge is 2.34.